The Morgan fingerprint density at radius 2 is 1.43 bits per heavy atom. The molecule has 11 heteroatoms. The van der Waals surface area contributed by atoms with Gasteiger partial charge < -0.3 is 4.74 Å². The van der Waals surface area contributed by atoms with Gasteiger partial charge in [-0.3, -0.25) is 4.90 Å². The third-order valence-electron chi connectivity index (χ3n) is 4.44. The fraction of sp³-hybridized carbons (Fsp3) is 0.0833. The summed E-state index contributed by atoms with van der Waals surface area (Å²) in [5.74, 6) is -0.540. The van der Waals surface area contributed by atoms with Crippen molar-refractivity contribution in [2.45, 2.75) is 6.18 Å². The van der Waals surface area contributed by atoms with Crippen molar-refractivity contribution in [1.29, 1.82) is 0 Å². The van der Waals surface area contributed by atoms with E-state index in [4.69, 9.17) is 4.74 Å². The van der Waals surface area contributed by atoms with E-state index in [2.05, 4.69) is 25.5 Å². The van der Waals surface area contributed by atoms with Gasteiger partial charge >= 0.3 is 12.2 Å². The molecule has 1 aromatic heterocycles. The molecule has 0 bridgehead atoms. The maximum atomic E-state index is 13.1. The van der Waals surface area contributed by atoms with Gasteiger partial charge in [0.25, 0.3) is 5.95 Å². The lowest BCUT2D eigenvalue weighted by molar-refractivity contribution is -0.154. The van der Waals surface area contributed by atoms with Crippen LogP contribution in [0.4, 0.5) is 40.8 Å². The van der Waals surface area contributed by atoms with Crippen molar-refractivity contribution in [2.75, 3.05) is 16.9 Å². The number of nitrogens with zero attached hydrogens (tertiary/aromatic N) is 5. The number of hydrogen-bond acceptors (Lipinski definition) is 7. The summed E-state index contributed by atoms with van der Waals surface area (Å²) >= 11 is 0. The minimum Gasteiger partial charge on any atom is -0.454 e. The molecule has 0 spiro atoms. The van der Waals surface area contributed by atoms with Crippen LogP contribution in [-0.2, 0) is 0 Å². The van der Waals surface area contributed by atoms with Crippen LogP contribution in [0.1, 0.15) is 5.56 Å². The molecular weight excluding hydrogens is 464 g/mol. The van der Waals surface area contributed by atoms with Gasteiger partial charge in [0.15, 0.2) is 6.61 Å². The van der Waals surface area contributed by atoms with Crippen LogP contribution in [0.5, 0.6) is 6.01 Å². The monoisotopic (exact) mass is 482 g/mol. The van der Waals surface area contributed by atoms with Crippen molar-refractivity contribution in [3.05, 3.63) is 96.3 Å². The van der Waals surface area contributed by atoms with Crippen molar-refractivity contribution in [2.24, 2.45) is 5.10 Å². The Morgan fingerprint density at radius 3 is 2.00 bits per heavy atom. The molecule has 3 aromatic carbocycles. The first kappa shape index (κ1) is 23.6. The molecule has 4 aromatic rings. The molecule has 0 radical (unpaired) electrons. The summed E-state index contributed by atoms with van der Waals surface area (Å²) < 4.78 is 56.2. The number of hydrazone groups is 1. The Bertz CT molecular complexity index is 1230. The molecule has 0 unspecified atom stereocenters. The molecule has 35 heavy (non-hydrogen) atoms. The molecule has 1 heterocycles. The number of hydrogen-bond donors (Lipinski definition) is 1. The minimum atomic E-state index is -4.58. The second kappa shape index (κ2) is 10.6. The topological polar surface area (TPSA) is 75.5 Å². The lowest BCUT2D eigenvalue weighted by atomic mass is 10.2. The van der Waals surface area contributed by atoms with Crippen molar-refractivity contribution in [3.8, 4) is 6.01 Å². The Morgan fingerprint density at radius 1 is 0.829 bits per heavy atom. The fourth-order valence-electron chi connectivity index (χ4n) is 2.95. The van der Waals surface area contributed by atoms with Crippen LogP contribution in [0.3, 0.4) is 0 Å². The van der Waals surface area contributed by atoms with Gasteiger partial charge in [-0.05, 0) is 42.0 Å². The van der Waals surface area contributed by atoms with Crippen LogP contribution in [0.2, 0.25) is 0 Å². The molecule has 0 atom stereocenters. The average molecular weight is 482 g/mol. The van der Waals surface area contributed by atoms with Crippen LogP contribution in [-0.4, -0.2) is 33.9 Å². The Kier molecular flexibility index (Phi) is 7.15. The molecule has 0 aliphatic rings. The first-order chi connectivity index (χ1) is 16.9. The maximum absolute atomic E-state index is 13.1. The number of halogens is 4. The molecule has 4 rings (SSSR count). The predicted molar refractivity (Wildman–Crippen MR) is 124 cm³/mol. The summed E-state index contributed by atoms with van der Waals surface area (Å²) in [6.45, 7) is -1.58. The average Bonchev–Trinajstić information content (AvgIpc) is 2.85. The van der Waals surface area contributed by atoms with Crippen molar-refractivity contribution < 1.29 is 22.3 Å². The number of para-hydroxylation sites is 2. The summed E-state index contributed by atoms with van der Waals surface area (Å²) in [7, 11) is 0. The highest BCUT2D eigenvalue weighted by molar-refractivity contribution is 5.80. The van der Waals surface area contributed by atoms with E-state index in [1.165, 1.54) is 30.5 Å². The van der Waals surface area contributed by atoms with Crippen LogP contribution >= 0.6 is 0 Å². The SMILES string of the molecule is Fc1ccc(C=NNc2nc(OCC(F)(F)F)nc(N(c3ccccc3)c3ccccc3)n2)cc1. The summed E-state index contributed by atoms with van der Waals surface area (Å²) in [6, 6.07) is 23.1. The molecule has 0 saturated carbocycles. The smallest absolute Gasteiger partial charge is 0.422 e. The van der Waals surface area contributed by atoms with Crippen LogP contribution in [0.15, 0.2) is 90.0 Å². The molecule has 0 saturated heterocycles. The number of nitrogens with one attached hydrogen (secondary N) is 1. The van der Waals surface area contributed by atoms with E-state index in [0.29, 0.717) is 16.9 Å². The molecule has 0 aliphatic heterocycles. The number of aromatic nitrogens is 3. The highest BCUT2D eigenvalue weighted by Crippen LogP contribution is 2.33. The van der Waals surface area contributed by atoms with Crippen LogP contribution in [0, 0.1) is 5.82 Å². The zero-order chi connectivity index (χ0) is 24.7. The summed E-state index contributed by atoms with van der Waals surface area (Å²) in [5.41, 5.74) is 4.47. The molecule has 178 valence electrons. The van der Waals surface area contributed by atoms with E-state index in [1.54, 1.807) is 53.4 Å². The Labute approximate surface area is 197 Å². The van der Waals surface area contributed by atoms with Crippen molar-refractivity contribution >= 4 is 29.5 Å². The largest absolute Gasteiger partial charge is 0.454 e. The molecule has 1 N–H and O–H groups in total. The molecular formula is C24H18F4N6O. The fourth-order valence-corrected chi connectivity index (χ4v) is 2.95. The maximum Gasteiger partial charge on any atom is 0.422 e. The van der Waals surface area contributed by atoms with Gasteiger partial charge in [0.05, 0.1) is 6.21 Å². The minimum absolute atomic E-state index is 0.00839. The predicted octanol–water partition coefficient (Wildman–Crippen LogP) is 5.87. The highest BCUT2D eigenvalue weighted by Gasteiger charge is 2.29. The first-order valence-corrected chi connectivity index (χ1v) is 10.3. The van der Waals surface area contributed by atoms with Crippen LogP contribution in [0.25, 0.3) is 0 Å². The van der Waals surface area contributed by atoms with Crippen molar-refractivity contribution in [3.63, 3.8) is 0 Å². The number of alkyl halides is 3. The standard InChI is InChI=1S/C24H18F4N6O/c25-18-13-11-17(12-14-18)15-29-33-21-30-22(32-23(31-21)35-16-24(26,27)28)34(19-7-3-1-4-8-19)20-9-5-2-6-10-20/h1-15H,16H2,(H,30,31,32,33). The molecule has 0 amide bonds. The highest BCUT2D eigenvalue weighted by atomic mass is 19.4. The molecule has 0 fully saturated rings. The van der Waals surface area contributed by atoms with Gasteiger partial charge in [0, 0.05) is 11.4 Å². The van der Waals surface area contributed by atoms with E-state index in [-0.39, 0.29) is 11.9 Å². The normalized spacial score (nSPS) is 11.4. The third kappa shape index (κ3) is 6.73. The third-order valence-corrected chi connectivity index (χ3v) is 4.44. The lowest BCUT2D eigenvalue weighted by Crippen LogP contribution is -2.21. The van der Waals surface area contributed by atoms with Gasteiger partial charge in [-0.2, -0.15) is 33.2 Å². The van der Waals surface area contributed by atoms with E-state index >= 15 is 0 Å². The molecule has 7 nitrogen and oxygen atoms in total. The molecule has 0 aliphatic carbocycles. The van der Waals surface area contributed by atoms with E-state index in [1.807, 2.05) is 12.1 Å². The first-order valence-electron chi connectivity index (χ1n) is 10.3. The van der Waals surface area contributed by atoms with Gasteiger partial charge in [-0.15, -0.1) is 0 Å². The van der Waals surface area contributed by atoms with Crippen LogP contribution < -0.4 is 15.1 Å². The quantitative estimate of drug-likeness (QED) is 0.192. The van der Waals surface area contributed by atoms with Gasteiger partial charge in [-0.25, -0.2) is 9.82 Å². The number of ether oxygens (including phenoxy) is 1. The summed E-state index contributed by atoms with van der Waals surface area (Å²) in [5, 5.41) is 3.99. The lowest BCUT2D eigenvalue weighted by Gasteiger charge is -2.23. The zero-order valence-corrected chi connectivity index (χ0v) is 18.0. The number of benzene rings is 3. The summed E-state index contributed by atoms with van der Waals surface area (Å²) in [4.78, 5) is 14.0. The van der Waals surface area contributed by atoms with E-state index < -0.39 is 24.6 Å². The Hall–Kier alpha value is -4.54. The van der Waals surface area contributed by atoms with Crippen molar-refractivity contribution in [1.82, 2.24) is 15.0 Å². The van der Waals surface area contributed by atoms with Gasteiger partial charge in [0.1, 0.15) is 5.82 Å². The number of rotatable bonds is 8. The van der Waals surface area contributed by atoms with E-state index in [0.717, 1.165) is 0 Å². The Balaban J connectivity index is 1.71. The van der Waals surface area contributed by atoms with E-state index in [9.17, 15) is 17.6 Å². The summed E-state index contributed by atoms with van der Waals surface area (Å²) in [6.07, 6.45) is -3.20. The second-order valence-electron chi connectivity index (χ2n) is 7.07. The second-order valence-corrected chi connectivity index (χ2v) is 7.07. The number of anilines is 4. The van der Waals surface area contributed by atoms with Gasteiger partial charge in [0.2, 0.25) is 5.95 Å². The van der Waals surface area contributed by atoms with Gasteiger partial charge in [-0.1, -0.05) is 48.5 Å². The zero-order valence-electron chi connectivity index (χ0n) is 18.0.